The lowest BCUT2D eigenvalue weighted by Gasteiger charge is -2.30. The maximum atomic E-state index is 13.9. The summed E-state index contributed by atoms with van der Waals surface area (Å²) in [5.74, 6) is -0.664. The Kier molecular flexibility index (Phi) is 3.70. The highest BCUT2D eigenvalue weighted by Crippen LogP contribution is 2.28. The first-order valence-electron chi connectivity index (χ1n) is 5.92. The molecule has 4 heteroatoms. The summed E-state index contributed by atoms with van der Waals surface area (Å²) in [5, 5.41) is 2.86. The number of nitrogens with two attached hydrogens (primary N) is 1. The van der Waals surface area contributed by atoms with Gasteiger partial charge in [0.2, 0.25) is 5.91 Å². The van der Waals surface area contributed by atoms with Gasteiger partial charge in [0.15, 0.2) is 0 Å². The molecule has 0 aliphatic rings. The molecule has 3 nitrogen and oxygen atoms in total. The molecule has 0 atom stereocenters. The predicted molar refractivity (Wildman–Crippen MR) is 71.7 cm³/mol. The van der Waals surface area contributed by atoms with Gasteiger partial charge in [-0.15, -0.1) is 0 Å². The first kappa shape index (κ1) is 14.5. The van der Waals surface area contributed by atoms with Gasteiger partial charge in [0.05, 0.1) is 5.41 Å². The zero-order valence-electron chi connectivity index (χ0n) is 11.6. The molecule has 0 unspecified atom stereocenters. The lowest BCUT2D eigenvalue weighted by atomic mass is 9.82. The van der Waals surface area contributed by atoms with Crippen molar-refractivity contribution in [2.45, 2.75) is 45.6 Å². The Labute approximate surface area is 108 Å². The van der Waals surface area contributed by atoms with Crippen LogP contribution in [0.25, 0.3) is 0 Å². The van der Waals surface area contributed by atoms with Crippen LogP contribution in [-0.2, 0) is 10.2 Å². The Morgan fingerprint density at radius 3 is 2.22 bits per heavy atom. The topological polar surface area (TPSA) is 55.1 Å². The second-order valence-corrected chi connectivity index (χ2v) is 6.07. The fraction of sp³-hybridized carbons (Fsp3) is 0.500. The maximum absolute atomic E-state index is 13.9. The zero-order chi connectivity index (χ0) is 14.1. The second kappa shape index (κ2) is 4.59. The standard InChI is InChI=1S/C14H21FN2O/c1-13(2,3)17-12(18)14(4,5)10-7-6-9(16)8-11(10)15/h6-8H,16H2,1-5H3,(H,17,18). The van der Waals surface area contributed by atoms with Crippen LogP contribution in [0.1, 0.15) is 40.2 Å². The average molecular weight is 252 g/mol. The number of carbonyl (C=O) groups excluding carboxylic acids is 1. The van der Waals surface area contributed by atoms with Crippen molar-refractivity contribution in [1.82, 2.24) is 5.32 Å². The minimum atomic E-state index is -0.939. The molecule has 0 bridgehead atoms. The van der Waals surface area contributed by atoms with Crippen LogP contribution < -0.4 is 11.1 Å². The van der Waals surface area contributed by atoms with E-state index in [9.17, 15) is 9.18 Å². The second-order valence-electron chi connectivity index (χ2n) is 6.07. The Balaban J connectivity index is 3.09. The molecule has 1 aromatic rings. The number of halogens is 1. The third-order valence-corrected chi connectivity index (χ3v) is 2.72. The molecule has 0 spiro atoms. The molecule has 0 aromatic heterocycles. The molecule has 18 heavy (non-hydrogen) atoms. The van der Waals surface area contributed by atoms with E-state index in [1.165, 1.54) is 6.07 Å². The summed E-state index contributed by atoms with van der Waals surface area (Å²) in [4.78, 5) is 12.2. The Morgan fingerprint density at radius 2 is 1.78 bits per heavy atom. The SMILES string of the molecule is CC(C)(C)NC(=O)C(C)(C)c1ccc(N)cc1F. The number of hydrogen-bond acceptors (Lipinski definition) is 2. The number of rotatable bonds is 2. The quantitative estimate of drug-likeness (QED) is 0.795. The van der Waals surface area contributed by atoms with Crippen LogP contribution in [0.3, 0.4) is 0 Å². The molecule has 0 radical (unpaired) electrons. The van der Waals surface area contributed by atoms with Gasteiger partial charge in [-0.05, 0) is 46.8 Å². The summed E-state index contributed by atoms with van der Waals surface area (Å²) >= 11 is 0. The van der Waals surface area contributed by atoms with E-state index in [1.54, 1.807) is 26.0 Å². The van der Waals surface area contributed by atoms with Crippen LogP contribution in [0.5, 0.6) is 0 Å². The first-order chi connectivity index (χ1) is 8.04. The summed E-state index contributed by atoms with van der Waals surface area (Å²) in [6, 6.07) is 4.40. The van der Waals surface area contributed by atoms with Gasteiger partial charge in [0, 0.05) is 16.8 Å². The fourth-order valence-electron chi connectivity index (χ4n) is 1.66. The van der Waals surface area contributed by atoms with Gasteiger partial charge in [0.25, 0.3) is 0 Å². The highest BCUT2D eigenvalue weighted by molar-refractivity contribution is 5.88. The smallest absolute Gasteiger partial charge is 0.230 e. The third-order valence-electron chi connectivity index (χ3n) is 2.72. The summed E-state index contributed by atoms with van der Waals surface area (Å²) < 4.78 is 13.9. The monoisotopic (exact) mass is 252 g/mol. The Morgan fingerprint density at radius 1 is 1.22 bits per heavy atom. The normalized spacial score (nSPS) is 12.3. The van der Waals surface area contributed by atoms with Crippen LogP contribution >= 0.6 is 0 Å². The molecule has 0 fully saturated rings. The molecule has 0 aliphatic heterocycles. The summed E-state index contributed by atoms with van der Waals surface area (Å²) in [6.45, 7) is 9.06. The molecule has 100 valence electrons. The van der Waals surface area contributed by atoms with E-state index in [1.807, 2.05) is 20.8 Å². The minimum Gasteiger partial charge on any atom is -0.399 e. The van der Waals surface area contributed by atoms with Gasteiger partial charge in [-0.1, -0.05) is 6.07 Å². The van der Waals surface area contributed by atoms with Gasteiger partial charge in [-0.25, -0.2) is 4.39 Å². The largest absolute Gasteiger partial charge is 0.399 e. The molecule has 1 rings (SSSR count). The number of amides is 1. The number of nitrogens with one attached hydrogen (secondary N) is 1. The lowest BCUT2D eigenvalue weighted by Crippen LogP contribution is -2.49. The summed E-state index contributed by atoms with van der Waals surface area (Å²) in [6.07, 6.45) is 0. The molecular formula is C14H21FN2O. The van der Waals surface area contributed by atoms with Crippen molar-refractivity contribution in [2.75, 3.05) is 5.73 Å². The van der Waals surface area contributed by atoms with Crippen LogP contribution in [0.15, 0.2) is 18.2 Å². The van der Waals surface area contributed by atoms with E-state index in [-0.39, 0.29) is 11.4 Å². The summed E-state index contributed by atoms with van der Waals surface area (Å²) in [5.41, 5.74) is 4.92. The Hall–Kier alpha value is -1.58. The lowest BCUT2D eigenvalue weighted by molar-refractivity contribution is -0.127. The van der Waals surface area contributed by atoms with Crippen molar-refractivity contribution in [3.8, 4) is 0 Å². The number of benzene rings is 1. The molecule has 3 N–H and O–H groups in total. The molecule has 1 aromatic carbocycles. The van der Waals surface area contributed by atoms with Crippen LogP contribution in [-0.4, -0.2) is 11.4 Å². The van der Waals surface area contributed by atoms with Gasteiger partial charge in [0.1, 0.15) is 5.82 Å². The van der Waals surface area contributed by atoms with E-state index in [0.29, 0.717) is 11.3 Å². The molecule has 1 amide bonds. The number of carbonyl (C=O) groups is 1. The van der Waals surface area contributed by atoms with Gasteiger partial charge in [-0.2, -0.15) is 0 Å². The molecule has 0 saturated heterocycles. The van der Waals surface area contributed by atoms with Crippen LogP contribution in [0.2, 0.25) is 0 Å². The molecule has 0 heterocycles. The van der Waals surface area contributed by atoms with Crippen LogP contribution in [0.4, 0.5) is 10.1 Å². The van der Waals surface area contributed by atoms with Crippen LogP contribution in [0, 0.1) is 5.82 Å². The molecule has 0 aliphatic carbocycles. The number of hydrogen-bond donors (Lipinski definition) is 2. The van der Waals surface area contributed by atoms with Gasteiger partial charge >= 0.3 is 0 Å². The van der Waals surface area contributed by atoms with Crippen molar-refractivity contribution < 1.29 is 9.18 Å². The average Bonchev–Trinajstić information content (AvgIpc) is 2.13. The van der Waals surface area contributed by atoms with Crippen molar-refractivity contribution in [1.29, 1.82) is 0 Å². The van der Waals surface area contributed by atoms with E-state index in [4.69, 9.17) is 5.73 Å². The van der Waals surface area contributed by atoms with Crippen molar-refractivity contribution in [3.63, 3.8) is 0 Å². The highest BCUT2D eigenvalue weighted by atomic mass is 19.1. The molecular weight excluding hydrogens is 231 g/mol. The summed E-state index contributed by atoms with van der Waals surface area (Å²) in [7, 11) is 0. The Bertz CT molecular complexity index is 461. The van der Waals surface area contributed by atoms with E-state index in [2.05, 4.69) is 5.32 Å². The van der Waals surface area contributed by atoms with Crippen molar-refractivity contribution in [2.24, 2.45) is 0 Å². The number of nitrogen functional groups attached to an aromatic ring is 1. The van der Waals surface area contributed by atoms with Gasteiger partial charge < -0.3 is 11.1 Å². The van der Waals surface area contributed by atoms with Crippen molar-refractivity contribution >= 4 is 11.6 Å². The van der Waals surface area contributed by atoms with E-state index < -0.39 is 11.2 Å². The van der Waals surface area contributed by atoms with E-state index >= 15 is 0 Å². The molecule has 0 saturated carbocycles. The minimum absolute atomic E-state index is 0.210. The van der Waals surface area contributed by atoms with Crippen molar-refractivity contribution in [3.05, 3.63) is 29.6 Å². The van der Waals surface area contributed by atoms with Gasteiger partial charge in [-0.3, -0.25) is 4.79 Å². The third kappa shape index (κ3) is 3.22. The zero-order valence-corrected chi connectivity index (χ0v) is 11.6. The maximum Gasteiger partial charge on any atom is 0.230 e. The highest BCUT2D eigenvalue weighted by Gasteiger charge is 2.34. The van der Waals surface area contributed by atoms with E-state index in [0.717, 1.165) is 0 Å². The fourth-order valence-corrected chi connectivity index (χ4v) is 1.66. The predicted octanol–water partition coefficient (Wildman–Crippen LogP) is 2.60. The number of anilines is 1. The first-order valence-corrected chi connectivity index (χ1v) is 5.92.